The molecule has 0 bridgehead atoms. The fraction of sp³-hybridized carbons (Fsp3) is 0.222. The topological polar surface area (TPSA) is 109 Å². The summed E-state index contributed by atoms with van der Waals surface area (Å²) in [6.07, 6.45) is 1.57. The monoisotopic (exact) mass is 370 g/mol. The normalized spacial score (nSPS) is 10.6. The highest BCUT2D eigenvalue weighted by Crippen LogP contribution is 2.27. The molecule has 3 rings (SSSR count). The van der Waals surface area contributed by atoms with Crippen molar-refractivity contribution in [2.45, 2.75) is 13.1 Å². The molecule has 27 heavy (non-hydrogen) atoms. The summed E-state index contributed by atoms with van der Waals surface area (Å²) in [5.74, 6) is 0.924. The summed E-state index contributed by atoms with van der Waals surface area (Å²) in [7, 11) is 3.10. The molecule has 140 valence electrons. The van der Waals surface area contributed by atoms with Gasteiger partial charge in [0.1, 0.15) is 6.54 Å². The smallest absolute Gasteiger partial charge is 0.271 e. The predicted molar refractivity (Wildman–Crippen MR) is 97.8 cm³/mol. The Morgan fingerprint density at radius 3 is 2.67 bits per heavy atom. The van der Waals surface area contributed by atoms with Crippen LogP contribution in [0.3, 0.4) is 0 Å². The van der Waals surface area contributed by atoms with Crippen molar-refractivity contribution < 1.29 is 19.2 Å². The Morgan fingerprint density at radius 1 is 1.19 bits per heavy atom. The highest BCUT2D eigenvalue weighted by molar-refractivity contribution is 5.83. The van der Waals surface area contributed by atoms with Gasteiger partial charge >= 0.3 is 0 Å². The minimum absolute atomic E-state index is 0.0437. The highest BCUT2D eigenvalue weighted by atomic mass is 16.6. The van der Waals surface area contributed by atoms with Crippen molar-refractivity contribution in [2.75, 3.05) is 14.2 Å². The molecular formula is C18H18N4O5. The number of non-ortho nitro benzene ring substituents is 1. The van der Waals surface area contributed by atoms with Gasteiger partial charge in [0, 0.05) is 24.1 Å². The number of ether oxygens (including phenoxy) is 2. The lowest BCUT2D eigenvalue weighted by Crippen LogP contribution is -2.27. The standard InChI is InChI=1S/C18H18N4O5/c1-26-16-6-3-12(7-17(16)27-2)9-19-18(23)11-21-15-8-14(22(24)25)5-4-13(15)10-20-21/h3-8,10H,9,11H2,1-2H3,(H,19,23). The molecule has 9 nitrogen and oxygen atoms in total. The predicted octanol–water partition coefficient (Wildman–Crippen LogP) is 2.28. The SMILES string of the molecule is COc1ccc(CNC(=O)Cn2ncc3ccc([N+](=O)[O-])cc32)cc1OC. The van der Waals surface area contributed by atoms with E-state index in [-0.39, 0.29) is 18.1 Å². The van der Waals surface area contributed by atoms with Gasteiger partial charge in [0.15, 0.2) is 11.5 Å². The van der Waals surface area contributed by atoms with Crippen LogP contribution in [0.5, 0.6) is 11.5 Å². The number of nitro benzene ring substituents is 1. The van der Waals surface area contributed by atoms with Crippen LogP contribution in [-0.4, -0.2) is 34.8 Å². The minimum Gasteiger partial charge on any atom is -0.493 e. The number of nitrogens with one attached hydrogen (secondary N) is 1. The molecule has 0 saturated carbocycles. The number of carbonyl (C=O) groups excluding carboxylic acids is 1. The van der Waals surface area contributed by atoms with Gasteiger partial charge in [0.25, 0.3) is 5.69 Å². The third-order valence-electron chi connectivity index (χ3n) is 4.07. The number of fused-ring (bicyclic) bond motifs is 1. The van der Waals surface area contributed by atoms with Crippen molar-refractivity contribution in [3.63, 3.8) is 0 Å². The molecule has 1 N–H and O–H groups in total. The summed E-state index contributed by atoms with van der Waals surface area (Å²) in [4.78, 5) is 22.7. The van der Waals surface area contributed by atoms with E-state index in [4.69, 9.17) is 9.47 Å². The molecule has 0 aliphatic heterocycles. The van der Waals surface area contributed by atoms with Gasteiger partial charge in [0.05, 0.1) is 30.9 Å². The maximum atomic E-state index is 12.3. The van der Waals surface area contributed by atoms with Gasteiger partial charge in [-0.25, -0.2) is 0 Å². The number of aromatic nitrogens is 2. The van der Waals surface area contributed by atoms with E-state index in [2.05, 4.69) is 10.4 Å². The van der Waals surface area contributed by atoms with Crippen LogP contribution in [0.4, 0.5) is 5.69 Å². The number of benzene rings is 2. The van der Waals surface area contributed by atoms with Gasteiger partial charge in [0.2, 0.25) is 5.91 Å². The Balaban J connectivity index is 1.68. The number of hydrogen-bond acceptors (Lipinski definition) is 6. The number of hydrogen-bond donors (Lipinski definition) is 1. The summed E-state index contributed by atoms with van der Waals surface area (Å²) in [6, 6.07) is 9.80. The first-order valence-corrected chi connectivity index (χ1v) is 8.09. The van der Waals surface area contributed by atoms with Crippen LogP contribution < -0.4 is 14.8 Å². The summed E-state index contributed by atoms with van der Waals surface area (Å²) >= 11 is 0. The first-order chi connectivity index (χ1) is 13.0. The summed E-state index contributed by atoms with van der Waals surface area (Å²) in [5.41, 5.74) is 1.34. The van der Waals surface area contributed by atoms with Gasteiger partial charge in [-0.05, 0) is 23.8 Å². The van der Waals surface area contributed by atoms with Crippen molar-refractivity contribution in [2.24, 2.45) is 0 Å². The number of amides is 1. The highest BCUT2D eigenvalue weighted by Gasteiger charge is 2.12. The van der Waals surface area contributed by atoms with E-state index in [1.54, 1.807) is 38.6 Å². The van der Waals surface area contributed by atoms with E-state index in [9.17, 15) is 14.9 Å². The molecule has 0 fully saturated rings. The zero-order valence-electron chi connectivity index (χ0n) is 14.8. The second kappa shape index (κ2) is 7.73. The van der Waals surface area contributed by atoms with Crippen molar-refractivity contribution >= 4 is 22.5 Å². The van der Waals surface area contributed by atoms with Gasteiger partial charge in [-0.3, -0.25) is 19.6 Å². The second-order valence-electron chi connectivity index (χ2n) is 5.77. The van der Waals surface area contributed by atoms with Crippen LogP contribution in [-0.2, 0) is 17.9 Å². The van der Waals surface area contributed by atoms with Gasteiger partial charge in [-0.2, -0.15) is 5.10 Å². The van der Waals surface area contributed by atoms with E-state index in [0.29, 0.717) is 23.6 Å². The molecule has 9 heteroatoms. The largest absolute Gasteiger partial charge is 0.493 e. The average molecular weight is 370 g/mol. The molecule has 0 saturated heterocycles. The van der Waals surface area contributed by atoms with Crippen LogP contribution in [0.1, 0.15) is 5.56 Å². The minimum atomic E-state index is -0.478. The molecule has 1 amide bonds. The first-order valence-electron chi connectivity index (χ1n) is 8.09. The first kappa shape index (κ1) is 18.2. The summed E-state index contributed by atoms with van der Waals surface area (Å²) < 4.78 is 11.9. The van der Waals surface area contributed by atoms with E-state index in [0.717, 1.165) is 10.9 Å². The Labute approximate surface area is 154 Å². The van der Waals surface area contributed by atoms with Gasteiger partial charge in [-0.1, -0.05) is 6.07 Å². The third-order valence-corrected chi connectivity index (χ3v) is 4.07. The van der Waals surface area contributed by atoms with Crippen LogP contribution in [0, 0.1) is 10.1 Å². The van der Waals surface area contributed by atoms with Crippen molar-refractivity contribution in [1.29, 1.82) is 0 Å². The van der Waals surface area contributed by atoms with Crippen LogP contribution in [0.25, 0.3) is 10.9 Å². The molecule has 0 unspecified atom stereocenters. The van der Waals surface area contributed by atoms with Crippen molar-refractivity contribution in [1.82, 2.24) is 15.1 Å². The molecule has 1 aromatic heterocycles. The third kappa shape index (κ3) is 3.97. The summed E-state index contributed by atoms with van der Waals surface area (Å²) in [6.45, 7) is 0.260. The fourth-order valence-corrected chi connectivity index (χ4v) is 2.68. The van der Waals surface area contributed by atoms with Crippen LogP contribution >= 0.6 is 0 Å². The van der Waals surface area contributed by atoms with E-state index in [1.807, 2.05) is 6.07 Å². The second-order valence-corrected chi connectivity index (χ2v) is 5.77. The number of methoxy groups -OCH3 is 2. The van der Waals surface area contributed by atoms with Gasteiger partial charge < -0.3 is 14.8 Å². The maximum Gasteiger partial charge on any atom is 0.271 e. The number of rotatable bonds is 7. The van der Waals surface area contributed by atoms with Crippen LogP contribution in [0.2, 0.25) is 0 Å². The Hall–Kier alpha value is -3.62. The Morgan fingerprint density at radius 2 is 1.96 bits per heavy atom. The molecule has 2 aromatic carbocycles. The average Bonchev–Trinajstić information content (AvgIpc) is 3.08. The zero-order valence-corrected chi connectivity index (χ0v) is 14.8. The molecule has 0 spiro atoms. The lowest BCUT2D eigenvalue weighted by Gasteiger charge is -2.10. The molecule has 3 aromatic rings. The van der Waals surface area contributed by atoms with E-state index in [1.165, 1.54) is 16.8 Å². The molecule has 0 atom stereocenters. The van der Waals surface area contributed by atoms with Crippen molar-refractivity contribution in [3.8, 4) is 11.5 Å². The maximum absolute atomic E-state index is 12.3. The molecule has 1 heterocycles. The van der Waals surface area contributed by atoms with E-state index < -0.39 is 4.92 Å². The lowest BCUT2D eigenvalue weighted by atomic mass is 10.2. The lowest BCUT2D eigenvalue weighted by molar-refractivity contribution is -0.384. The Kier molecular flexibility index (Phi) is 5.20. The van der Waals surface area contributed by atoms with E-state index >= 15 is 0 Å². The van der Waals surface area contributed by atoms with Gasteiger partial charge in [-0.15, -0.1) is 0 Å². The zero-order chi connectivity index (χ0) is 19.4. The van der Waals surface area contributed by atoms with Crippen molar-refractivity contribution in [3.05, 3.63) is 58.3 Å². The Bertz CT molecular complexity index is 999. The number of nitrogens with zero attached hydrogens (tertiary/aromatic N) is 3. The molecular weight excluding hydrogens is 352 g/mol. The molecule has 0 aliphatic rings. The molecule has 0 aliphatic carbocycles. The molecule has 0 radical (unpaired) electrons. The number of nitro groups is 1. The number of carbonyl (C=O) groups is 1. The summed E-state index contributed by atoms with van der Waals surface area (Å²) in [5, 5.41) is 18.6. The quantitative estimate of drug-likeness (QED) is 0.505. The fourth-order valence-electron chi connectivity index (χ4n) is 2.68. The van der Waals surface area contributed by atoms with Crippen LogP contribution in [0.15, 0.2) is 42.6 Å².